The maximum Gasteiger partial charge on any atom is 0.240 e. The van der Waals surface area contributed by atoms with E-state index in [0.717, 1.165) is 12.0 Å². The van der Waals surface area contributed by atoms with Crippen LogP contribution in [-0.2, 0) is 10.0 Å². The highest BCUT2D eigenvalue weighted by Gasteiger charge is 2.15. The first-order chi connectivity index (χ1) is 8.94. The van der Waals surface area contributed by atoms with E-state index < -0.39 is 10.0 Å². The molecule has 0 spiro atoms. The van der Waals surface area contributed by atoms with Crippen LogP contribution in [0.5, 0.6) is 0 Å². The molecule has 0 radical (unpaired) electrons. The minimum absolute atomic E-state index is 0.0135. The molecule has 0 fully saturated rings. The Morgan fingerprint density at radius 3 is 2.58 bits per heavy atom. The number of sulfonamides is 1. The van der Waals surface area contributed by atoms with Gasteiger partial charge in [-0.15, -0.1) is 0 Å². The maximum absolute atomic E-state index is 11.7. The third-order valence-corrected chi connectivity index (χ3v) is 4.55. The van der Waals surface area contributed by atoms with E-state index in [1.165, 1.54) is 7.05 Å². The minimum atomic E-state index is -3.42. The Morgan fingerprint density at radius 2 is 2.05 bits per heavy atom. The zero-order valence-electron chi connectivity index (χ0n) is 11.6. The molecule has 0 aromatic heterocycles. The normalized spacial score (nSPS) is 15.2. The fourth-order valence-corrected chi connectivity index (χ4v) is 2.60. The first-order valence-electron chi connectivity index (χ1n) is 6.35. The summed E-state index contributed by atoms with van der Waals surface area (Å²) in [5.41, 5.74) is 0.878. The van der Waals surface area contributed by atoms with Crippen molar-refractivity contribution in [2.45, 2.75) is 37.2 Å². The molecule has 1 rings (SSSR count). The van der Waals surface area contributed by atoms with Gasteiger partial charge < -0.3 is 10.4 Å². The van der Waals surface area contributed by atoms with E-state index in [2.05, 4.69) is 10.0 Å². The summed E-state index contributed by atoms with van der Waals surface area (Å²) >= 11 is 0. The number of aliphatic hydroxyl groups is 1. The third-order valence-electron chi connectivity index (χ3n) is 3.14. The molecule has 0 saturated heterocycles. The lowest BCUT2D eigenvalue weighted by atomic mass is 10.1. The smallest absolute Gasteiger partial charge is 0.240 e. The third kappa shape index (κ3) is 4.28. The van der Waals surface area contributed by atoms with E-state index >= 15 is 0 Å². The van der Waals surface area contributed by atoms with Gasteiger partial charge in [-0.1, -0.05) is 19.1 Å². The molecule has 0 heterocycles. The SMILES string of the molecule is CCC(CO)NC(C)c1cccc(S(=O)(=O)NC)c1. The van der Waals surface area contributed by atoms with Gasteiger partial charge in [-0.25, -0.2) is 13.1 Å². The average Bonchev–Trinajstić information content (AvgIpc) is 2.44. The van der Waals surface area contributed by atoms with E-state index in [4.69, 9.17) is 0 Å². The second kappa shape index (κ2) is 7.00. The van der Waals surface area contributed by atoms with Gasteiger partial charge in [0.05, 0.1) is 11.5 Å². The van der Waals surface area contributed by atoms with Gasteiger partial charge in [-0.3, -0.25) is 0 Å². The van der Waals surface area contributed by atoms with Crippen molar-refractivity contribution in [3.8, 4) is 0 Å². The van der Waals surface area contributed by atoms with Crippen LogP contribution in [0.4, 0.5) is 0 Å². The van der Waals surface area contributed by atoms with Gasteiger partial charge in [0.2, 0.25) is 10.0 Å². The number of nitrogens with one attached hydrogen (secondary N) is 2. The molecule has 0 aliphatic carbocycles. The van der Waals surface area contributed by atoms with Crippen molar-refractivity contribution < 1.29 is 13.5 Å². The summed E-state index contributed by atoms with van der Waals surface area (Å²) in [5, 5.41) is 12.4. The molecule has 0 aliphatic heterocycles. The second-order valence-corrected chi connectivity index (χ2v) is 6.34. The Labute approximate surface area is 115 Å². The molecule has 0 amide bonds. The molecule has 2 unspecified atom stereocenters. The largest absolute Gasteiger partial charge is 0.395 e. The van der Waals surface area contributed by atoms with Crippen molar-refractivity contribution >= 4 is 10.0 Å². The van der Waals surface area contributed by atoms with Crippen LogP contribution in [-0.4, -0.2) is 33.2 Å². The lowest BCUT2D eigenvalue weighted by Crippen LogP contribution is -2.34. The van der Waals surface area contributed by atoms with Crippen molar-refractivity contribution in [3.63, 3.8) is 0 Å². The average molecular weight is 286 g/mol. The first-order valence-corrected chi connectivity index (χ1v) is 7.83. The lowest BCUT2D eigenvalue weighted by molar-refractivity contribution is 0.230. The van der Waals surface area contributed by atoms with Crippen molar-refractivity contribution in [1.82, 2.24) is 10.0 Å². The Balaban J connectivity index is 2.93. The van der Waals surface area contributed by atoms with Gasteiger partial charge in [0.1, 0.15) is 0 Å². The first kappa shape index (κ1) is 16.1. The molecular weight excluding hydrogens is 264 g/mol. The maximum atomic E-state index is 11.7. The van der Waals surface area contributed by atoms with Gasteiger partial charge in [-0.2, -0.15) is 0 Å². The van der Waals surface area contributed by atoms with Gasteiger partial charge in [0, 0.05) is 12.1 Å². The van der Waals surface area contributed by atoms with Gasteiger partial charge >= 0.3 is 0 Å². The summed E-state index contributed by atoms with van der Waals surface area (Å²) in [7, 11) is -2.03. The van der Waals surface area contributed by atoms with Crippen LogP contribution in [0.2, 0.25) is 0 Å². The summed E-state index contributed by atoms with van der Waals surface area (Å²) < 4.78 is 25.8. The van der Waals surface area contributed by atoms with Gasteiger partial charge in [0.15, 0.2) is 0 Å². The molecule has 1 aromatic carbocycles. The van der Waals surface area contributed by atoms with Crippen molar-refractivity contribution in [2.24, 2.45) is 0 Å². The number of hydrogen-bond donors (Lipinski definition) is 3. The summed E-state index contributed by atoms with van der Waals surface area (Å²) in [6.07, 6.45) is 0.815. The van der Waals surface area contributed by atoms with Crippen LogP contribution in [0, 0.1) is 0 Å². The monoisotopic (exact) mass is 286 g/mol. The van der Waals surface area contributed by atoms with Crippen LogP contribution in [0.15, 0.2) is 29.2 Å². The van der Waals surface area contributed by atoms with E-state index in [1.807, 2.05) is 19.9 Å². The van der Waals surface area contributed by atoms with Crippen LogP contribution in [0.3, 0.4) is 0 Å². The van der Waals surface area contributed by atoms with Gasteiger partial charge in [-0.05, 0) is 38.1 Å². The Morgan fingerprint density at radius 1 is 1.37 bits per heavy atom. The molecule has 6 heteroatoms. The summed E-state index contributed by atoms with van der Waals surface area (Å²) in [6, 6.07) is 6.79. The second-order valence-electron chi connectivity index (χ2n) is 4.46. The van der Waals surface area contributed by atoms with Gasteiger partial charge in [0.25, 0.3) is 0 Å². The fraction of sp³-hybridized carbons (Fsp3) is 0.538. The number of benzene rings is 1. The highest BCUT2D eigenvalue weighted by Crippen LogP contribution is 2.18. The van der Waals surface area contributed by atoms with Crippen molar-refractivity contribution in [1.29, 1.82) is 0 Å². The van der Waals surface area contributed by atoms with E-state index in [0.29, 0.717) is 0 Å². The summed E-state index contributed by atoms with van der Waals surface area (Å²) in [6.45, 7) is 4.00. The highest BCUT2D eigenvalue weighted by molar-refractivity contribution is 7.89. The molecule has 19 heavy (non-hydrogen) atoms. The molecular formula is C13H22N2O3S. The summed E-state index contributed by atoms with van der Waals surface area (Å²) in [4.78, 5) is 0.248. The molecule has 0 bridgehead atoms. The van der Waals surface area contributed by atoms with E-state index in [-0.39, 0.29) is 23.6 Å². The number of aliphatic hydroxyl groups excluding tert-OH is 1. The number of rotatable bonds is 7. The zero-order valence-corrected chi connectivity index (χ0v) is 12.4. The molecule has 3 N–H and O–H groups in total. The highest BCUT2D eigenvalue weighted by atomic mass is 32.2. The molecule has 0 aliphatic rings. The zero-order chi connectivity index (χ0) is 14.5. The Kier molecular flexibility index (Phi) is 5.93. The molecule has 0 saturated carbocycles. The summed E-state index contributed by atoms with van der Waals surface area (Å²) in [5.74, 6) is 0. The number of hydrogen-bond acceptors (Lipinski definition) is 4. The molecule has 5 nitrogen and oxygen atoms in total. The minimum Gasteiger partial charge on any atom is -0.395 e. The van der Waals surface area contributed by atoms with E-state index in [1.54, 1.807) is 18.2 Å². The standard InChI is InChI=1S/C13H22N2O3S/c1-4-12(9-16)15-10(2)11-6-5-7-13(8-11)19(17,18)14-3/h5-8,10,12,14-16H,4,9H2,1-3H3. The van der Waals surface area contributed by atoms with Crippen LogP contribution in [0.1, 0.15) is 31.9 Å². The lowest BCUT2D eigenvalue weighted by Gasteiger charge is -2.21. The van der Waals surface area contributed by atoms with Crippen LogP contribution in [0.25, 0.3) is 0 Å². The predicted molar refractivity (Wildman–Crippen MR) is 75.4 cm³/mol. The molecule has 1 aromatic rings. The Bertz CT molecular complexity index is 498. The molecule has 2 atom stereocenters. The molecule has 108 valence electrons. The van der Waals surface area contributed by atoms with Crippen molar-refractivity contribution in [3.05, 3.63) is 29.8 Å². The Hall–Kier alpha value is -0.950. The quantitative estimate of drug-likeness (QED) is 0.699. The van der Waals surface area contributed by atoms with E-state index in [9.17, 15) is 13.5 Å². The van der Waals surface area contributed by atoms with Crippen LogP contribution < -0.4 is 10.0 Å². The predicted octanol–water partition coefficient (Wildman–Crippen LogP) is 1.02. The van der Waals surface area contributed by atoms with Crippen molar-refractivity contribution in [2.75, 3.05) is 13.7 Å². The topological polar surface area (TPSA) is 78.4 Å². The van der Waals surface area contributed by atoms with Crippen LogP contribution >= 0.6 is 0 Å². The fourth-order valence-electron chi connectivity index (χ4n) is 1.82.